The van der Waals surface area contributed by atoms with Crippen LogP contribution in [0.15, 0.2) is 12.3 Å². The molecular formula is C10H15N3. The SMILES string of the molecule is C#CCCNCCc1ccn(C)n1. The quantitative estimate of drug-likeness (QED) is 0.526. The van der Waals surface area contributed by atoms with Crippen LogP contribution in [0.4, 0.5) is 0 Å². The minimum Gasteiger partial charge on any atom is -0.315 e. The highest BCUT2D eigenvalue weighted by Crippen LogP contribution is 1.93. The molecule has 0 saturated carbocycles. The summed E-state index contributed by atoms with van der Waals surface area (Å²) in [6, 6.07) is 2.03. The number of hydrogen-bond donors (Lipinski definition) is 1. The van der Waals surface area contributed by atoms with Crippen molar-refractivity contribution in [2.24, 2.45) is 7.05 Å². The van der Waals surface area contributed by atoms with Gasteiger partial charge in [-0.15, -0.1) is 12.3 Å². The second-order valence-corrected chi connectivity index (χ2v) is 2.93. The van der Waals surface area contributed by atoms with Crippen LogP contribution in [0.5, 0.6) is 0 Å². The Hall–Kier alpha value is -1.27. The van der Waals surface area contributed by atoms with Crippen molar-refractivity contribution in [3.05, 3.63) is 18.0 Å². The molecule has 0 aliphatic heterocycles. The third-order valence-electron chi connectivity index (χ3n) is 1.77. The summed E-state index contributed by atoms with van der Waals surface area (Å²) in [6.07, 6.45) is 8.83. The number of terminal acetylenes is 1. The lowest BCUT2D eigenvalue weighted by molar-refractivity contribution is 0.671. The van der Waals surface area contributed by atoms with Gasteiger partial charge >= 0.3 is 0 Å². The molecule has 0 amide bonds. The molecule has 3 heteroatoms. The van der Waals surface area contributed by atoms with Gasteiger partial charge in [-0.05, 0) is 6.07 Å². The van der Waals surface area contributed by atoms with Crippen LogP contribution in [-0.4, -0.2) is 22.9 Å². The first-order valence-electron chi connectivity index (χ1n) is 4.45. The zero-order valence-electron chi connectivity index (χ0n) is 7.95. The van der Waals surface area contributed by atoms with Crippen molar-refractivity contribution in [3.63, 3.8) is 0 Å². The van der Waals surface area contributed by atoms with Gasteiger partial charge in [0.1, 0.15) is 0 Å². The van der Waals surface area contributed by atoms with Crippen LogP contribution in [0.3, 0.4) is 0 Å². The van der Waals surface area contributed by atoms with Crippen LogP contribution in [0.25, 0.3) is 0 Å². The Labute approximate surface area is 79.1 Å². The Bertz CT molecular complexity index is 283. The normalized spacial score (nSPS) is 9.85. The molecule has 1 aromatic rings. The molecule has 0 atom stereocenters. The van der Waals surface area contributed by atoms with Gasteiger partial charge in [-0.2, -0.15) is 5.10 Å². The van der Waals surface area contributed by atoms with E-state index in [1.54, 1.807) is 0 Å². The van der Waals surface area contributed by atoms with E-state index in [9.17, 15) is 0 Å². The largest absolute Gasteiger partial charge is 0.315 e. The van der Waals surface area contributed by atoms with Gasteiger partial charge in [0, 0.05) is 39.2 Å². The van der Waals surface area contributed by atoms with E-state index >= 15 is 0 Å². The maximum atomic E-state index is 5.12. The Morgan fingerprint density at radius 1 is 1.62 bits per heavy atom. The molecule has 1 rings (SSSR count). The third-order valence-corrected chi connectivity index (χ3v) is 1.77. The van der Waals surface area contributed by atoms with Gasteiger partial charge in [0.05, 0.1) is 5.69 Å². The molecule has 13 heavy (non-hydrogen) atoms. The molecule has 1 N–H and O–H groups in total. The van der Waals surface area contributed by atoms with Gasteiger partial charge in [-0.1, -0.05) is 0 Å². The van der Waals surface area contributed by atoms with Gasteiger partial charge in [0.2, 0.25) is 0 Å². The summed E-state index contributed by atoms with van der Waals surface area (Å²) in [5.41, 5.74) is 1.12. The second-order valence-electron chi connectivity index (χ2n) is 2.93. The summed E-state index contributed by atoms with van der Waals surface area (Å²) in [5.74, 6) is 2.59. The van der Waals surface area contributed by atoms with Crippen molar-refractivity contribution < 1.29 is 0 Å². The molecule has 0 aliphatic rings. The molecule has 0 radical (unpaired) electrons. The van der Waals surface area contributed by atoms with Gasteiger partial charge < -0.3 is 5.32 Å². The minimum absolute atomic E-state index is 0.794. The highest BCUT2D eigenvalue weighted by atomic mass is 15.2. The Morgan fingerprint density at radius 2 is 2.46 bits per heavy atom. The lowest BCUT2D eigenvalue weighted by Crippen LogP contribution is -2.18. The maximum Gasteiger partial charge on any atom is 0.0637 e. The van der Waals surface area contributed by atoms with E-state index in [1.165, 1.54) is 0 Å². The van der Waals surface area contributed by atoms with Gasteiger partial charge in [0.25, 0.3) is 0 Å². The molecule has 3 nitrogen and oxygen atoms in total. The highest BCUT2D eigenvalue weighted by molar-refractivity contribution is 4.98. The first-order chi connectivity index (χ1) is 6.33. The molecule has 0 unspecified atom stereocenters. The van der Waals surface area contributed by atoms with Crippen LogP contribution in [0.1, 0.15) is 12.1 Å². The van der Waals surface area contributed by atoms with Crippen LogP contribution in [-0.2, 0) is 13.5 Å². The van der Waals surface area contributed by atoms with E-state index in [4.69, 9.17) is 6.42 Å². The Balaban J connectivity index is 2.10. The Kier molecular flexibility index (Phi) is 4.07. The van der Waals surface area contributed by atoms with Gasteiger partial charge in [0.15, 0.2) is 0 Å². The zero-order chi connectivity index (χ0) is 9.52. The number of aryl methyl sites for hydroxylation is 1. The molecule has 0 fully saturated rings. The first-order valence-corrected chi connectivity index (χ1v) is 4.45. The van der Waals surface area contributed by atoms with Gasteiger partial charge in [-0.25, -0.2) is 0 Å². The van der Waals surface area contributed by atoms with Crippen molar-refractivity contribution >= 4 is 0 Å². The third kappa shape index (κ3) is 3.77. The number of nitrogens with one attached hydrogen (secondary N) is 1. The summed E-state index contributed by atoms with van der Waals surface area (Å²) in [7, 11) is 1.93. The number of hydrogen-bond acceptors (Lipinski definition) is 2. The average Bonchev–Trinajstić information content (AvgIpc) is 2.51. The summed E-state index contributed by atoms with van der Waals surface area (Å²) >= 11 is 0. The summed E-state index contributed by atoms with van der Waals surface area (Å²) in [4.78, 5) is 0. The maximum absolute atomic E-state index is 5.12. The standard InChI is InChI=1S/C10H15N3/c1-3-4-7-11-8-5-10-6-9-13(2)12-10/h1,6,9,11H,4-5,7-8H2,2H3. The first kappa shape index (κ1) is 9.82. The van der Waals surface area contributed by atoms with Crippen LogP contribution < -0.4 is 5.32 Å². The van der Waals surface area contributed by atoms with E-state index in [2.05, 4.69) is 16.3 Å². The molecule has 0 aromatic carbocycles. The fraction of sp³-hybridized carbons (Fsp3) is 0.500. The number of rotatable bonds is 5. The summed E-state index contributed by atoms with van der Waals surface area (Å²) in [5, 5.41) is 7.52. The molecule has 0 spiro atoms. The molecule has 1 heterocycles. The van der Waals surface area contributed by atoms with E-state index < -0.39 is 0 Å². The minimum atomic E-state index is 0.794. The molecule has 0 aliphatic carbocycles. The van der Waals surface area contributed by atoms with E-state index in [0.29, 0.717) is 0 Å². The lowest BCUT2D eigenvalue weighted by atomic mass is 10.3. The predicted molar refractivity (Wildman–Crippen MR) is 53.2 cm³/mol. The molecular weight excluding hydrogens is 162 g/mol. The monoisotopic (exact) mass is 177 g/mol. The lowest BCUT2D eigenvalue weighted by Gasteiger charge is -1.99. The average molecular weight is 177 g/mol. The van der Waals surface area contributed by atoms with Crippen molar-refractivity contribution in [2.45, 2.75) is 12.8 Å². The highest BCUT2D eigenvalue weighted by Gasteiger charge is 1.94. The number of nitrogens with zero attached hydrogens (tertiary/aromatic N) is 2. The van der Waals surface area contributed by atoms with Crippen molar-refractivity contribution in [3.8, 4) is 12.3 Å². The molecule has 0 bridgehead atoms. The van der Waals surface area contributed by atoms with E-state index in [1.807, 2.05) is 24.0 Å². The van der Waals surface area contributed by atoms with E-state index in [-0.39, 0.29) is 0 Å². The second kappa shape index (κ2) is 5.39. The fourth-order valence-corrected chi connectivity index (χ4v) is 1.10. The summed E-state index contributed by atoms with van der Waals surface area (Å²) < 4.78 is 1.82. The van der Waals surface area contributed by atoms with E-state index in [0.717, 1.165) is 31.6 Å². The molecule has 1 aromatic heterocycles. The summed E-state index contributed by atoms with van der Waals surface area (Å²) in [6.45, 7) is 1.84. The molecule has 70 valence electrons. The van der Waals surface area contributed by atoms with Crippen LogP contribution in [0.2, 0.25) is 0 Å². The Morgan fingerprint density at radius 3 is 3.08 bits per heavy atom. The topological polar surface area (TPSA) is 29.9 Å². The zero-order valence-corrected chi connectivity index (χ0v) is 7.95. The fourth-order valence-electron chi connectivity index (χ4n) is 1.10. The van der Waals surface area contributed by atoms with Crippen LogP contribution in [0, 0.1) is 12.3 Å². The van der Waals surface area contributed by atoms with Crippen LogP contribution >= 0.6 is 0 Å². The van der Waals surface area contributed by atoms with Gasteiger partial charge in [-0.3, -0.25) is 4.68 Å². The predicted octanol–water partition coefficient (Wildman–Crippen LogP) is 0.575. The van der Waals surface area contributed by atoms with Crippen molar-refractivity contribution in [2.75, 3.05) is 13.1 Å². The van der Waals surface area contributed by atoms with Crippen molar-refractivity contribution in [1.82, 2.24) is 15.1 Å². The molecule has 0 saturated heterocycles. The number of aromatic nitrogens is 2. The van der Waals surface area contributed by atoms with Crippen molar-refractivity contribution in [1.29, 1.82) is 0 Å². The smallest absolute Gasteiger partial charge is 0.0637 e.